The summed E-state index contributed by atoms with van der Waals surface area (Å²) in [5.41, 5.74) is 2.90. The number of aromatic nitrogens is 2. The number of rotatable bonds is 3. The Balaban J connectivity index is 1.85. The largest absolute Gasteiger partial charge is 0.329 e. The number of nitrogens with one attached hydrogen (secondary N) is 1. The van der Waals surface area contributed by atoms with Gasteiger partial charge in [0.25, 0.3) is 0 Å². The van der Waals surface area contributed by atoms with Crippen LogP contribution in [0.15, 0.2) is 41.8 Å². The Morgan fingerprint density at radius 1 is 1.39 bits per heavy atom. The maximum Gasteiger partial charge on any atom is 0.168 e. The molecule has 1 aromatic heterocycles. The van der Waals surface area contributed by atoms with Crippen molar-refractivity contribution in [2.45, 2.75) is 22.9 Å². The van der Waals surface area contributed by atoms with Crippen LogP contribution in [0.5, 0.6) is 0 Å². The quantitative estimate of drug-likeness (QED) is 0.918. The third kappa shape index (κ3) is 1.95. The van der Waals surface area contributed by atoms with Crippen LogP contribution in [-0.2, 0) is 13.5 Å². The Hall–Kier alpha value is -1.26. The van der Waals surface area contributed by atoms with Crippen molar-refractivity contribution in [2.24, 2.45) is 7.05 Å². The summed E-state index contributed by atoms with van der Waals surface area (Å²) in [6, 6.07) is 9.13. The minimum absolute atomic E-state index is 0.419. The number of hydrogen-bond donors (Lipinski definition) is 1. The summed E-state index contributed by atoms with van der Waals surface area (Å²) in [5.74, 6) is 0. The van der Waals surface area contributed by atoms with Crippen LogP contribution in [0.25, 0.3) is 0 Å². The maximum absolute atomic E-state index is 4.41. The first-order valence-corrected chi connectivity index (χ1v) is 7.06. The summed E-state index contributed by atoms with van der Waals surface area (Å²) in [6.07, 6.45) is 4.97. The molecule has 1 aromatic carbocycles. The van der Waals surface area contributed by atoms with Crippen LogP contribution in [0.1, 0.15) is 17.2 Å². The SMILES string of the molecule is CNC1c2ccccc2CC1Sc1nccn1C. The molecule has 2 aromatic rings. The number of fused-ring (bicyclic) bond motifs is 1. The van der Waals surface area contributed by atoms with Crippen molar-refractivity contribution in [1.82, 2.24) is 14.9 Å². The topological polar surface area (TPSA) is 29.9 Å². The van der Waals surface area contributed by atoms with Crippen molar-refractivity contribution in [1.29, 1.82) is 0 Å². The van der Waals surface area contributed by atoms with Gasteiger partial charge in [0.2, 0.25) is 0 Å². The predicted octanol–water partition coefficient (Wildman–Crippen LogP) is 2.40. The summed E-state index contributed by atoms with van der Waals surface area (Å²) in [6.45, 7) is 0. The number of hydrogen-bond acceptors (Lipinski definition) is 3. The highest BCUT2D eigenvalue weighted by molar-refractivity contribution is 7.99. The van der Waals surface area contributed by atoms with Gasteiger partial charge < -0.3 is 9.88 Å². The van der Waals surface area contributed by atoms with Crippen LogP contribution in [0.3, 0.4) is 0 Å². The lowest BCUT2D eigenvalue weighted by atomic mass is 10.1. The van der Waals surface area contributed by atoms with Gasteiger partial charge in [0.05, 0.1) is 0 Å². The molecule has 3 nitrogen and oxygen atoms in total. The first-order chi connectivity index (χ1) is 8.79. The zero-order chi connectivity index (χ0) is 12.5. The average molecular weight is 259 g/mol. The molecule has 0 spiro atoms. The minimum Gasteiger partial charge on any atom is -0.329 e. The Labute approximate surface area is 112 Å². The zero-order valence-corrected chi connectivity index (χ0v) is 11.4. The molecular weight excluding hydrogens is 242 g/mol. The Morgan fingerprint density at radius 2 is 2.22 bits per heavy atom. The highest BCUT2D eigenvalue weighted by Gasteiger charge is 2.32. The third-order valence-electron chi connectivity index (χ3n) is 3.53. The second-order valence-electron chi connectivity index (χ2n) is 4.65. The molecule has 2 atom stereocenters. The van der Waals surface area contributed by atoms with Crippen molar-refractivity contribution in [3.63, 3.8) is 0 Å². The van der Waals surface area contributed by atoms with Gasteiger partial charge in [0.1, 0.15) is 0 Å². The average Bonchev–Trinajstić information content (AvgIpc) is 2.93. The van der Waals surface area contributed by atoms with Gasteiger partial charge in [-0.2, -0.15) is 0 Å². The highest BCUT2D eigenvalue weighted by Crippen LogP contribution is 2.40. The van der Waals surface area contributed by atoms with Crippen molar-refractivity contribution in [2.75, 3.05) is 7.05 Å². The summed E-state index contributed by atoms with van der Waals surface area (Å²) >= 11 is 1.86. The van der Waals surface area contributed by atoms with E-state index >= 15 is 0 Å². The molecule has 1 N–H and O–H groups in total. The molecule has 0 fully saturated rings. The van der Waals surface area contributed by atoms with Gasteiger partial charge in [0.15, 0.2) is 5.16 Å². The van der Waals surface area contributed by atoms with Crippen LogP contribution in [0.4, 0.5) is 0 Å². The standard InChI is InChI=1S/C14H17N3S/c1-15-13-11-6-4-3-5-10(11)9-12(13)18-14-16-7-8-17(14)2/h3-8,12-13,15H,9H2,1-2H3. The molecule has 0 aliphatic heterocycles. The van der Waals surface area contributed by atoms with Crippen LogP contribution < -0.4 is 5.32 Å². The van der Waals surface area contributed by atoms with Crippen molar-refractivity contribution < 1.29 is 0 Å². The molecule has 94 valence electrons. The van der Waals surface area contributed by atoms with Gasteiger partial charge in [-0.3, -0.25) is 0 Å². The van der Waals surface area contributed by atoms with E-state index in [0.717, 1.165) is 11.6 Å². The number of nitrogens with zero attached hydrogens (tertiary/aromatic N) is 2. The smallest absolute Gasteiger partial charge is 0.168 e. The molecule has 1 aliphatic rings. The monoisotopic (exact) mass is 259 g/mol. The maximum atomic E-state index is 4.41. The van der Waals surface area contributed by atoms with E-state index in [-0.39, 0.29) is 0 Å². The van der Waals surface area contributed by atoms with E-state index in [1.807, 2.05) is 38.3 Å². The molecule has 2 unspecified atom stereocenters. The molecule has 0 radical (unpaired) electrons. The first kappa shape index (κ1) is 11.8. The van der Waals surface area contributed by atoms with Crippen LogP contribution in [0.2, 0.25) is 0 Å². The molecule has 3 rings (SSSR count). The summed E-state index contributed by atoms with van der Waals surface area (Å²) in [4.78, 5) is 4.41. The molecule has 0 bridgehead atoms. The number of benzene rings is 1. The van der Waals surface area contributed by atoms with Crippen LogP contribution in [-0.4, -0.2) is 21.8 Å². The van der Waals surface area contributed by atoms with Gasteiger partial charge in [-0.05, 0) is 24.6 Å². The van der Waals surface area contributed by atoms with Crippen molar-refractivity contribution in [3.8, 4) is 0 Å². The molecule has 1 aliphatic carbocycles. The van der Waals surface area contributed by atoms with E-state index in [1.165, 1.54) is 11.1 Å². The second-order valence-corrected chi connectivity index (χ2v) is 5.85. The minimum atomic E-state index is 0.419. The Morgan fingerprint density at radius 3 is 2.94 bits per heavy atom. The third-order valence-corrected chi connectivity index (χ3v) is 4.87. The predicted molar refractivity (Wildman–Crippen MR) is 74.8 cm³/mol. The Bertz CT molecular complexity index is 549. The van der Waals surface area contributed by atoms with E-state index in [0.29, 0.717) is 11.3 Å². The summed E-state index contributed by atoms with van der Waals surface area (Å²) in [7, 11) is 4.09. The van der Waals surface area contributed by atoms with E-state index in [4.69, 9.17) is 0 Å². The van der Waals surface area contributed by atoms with E-state index in [9.17, 15) is 0 Å². The van der Waals surface area contributed by atoms with Crippen LogP contribution >= 0.6 is 11.8 Å². The second kappa shape index (κ2) is 4.78. The lowest BCUT2D eigenvalue weighted by Crippen LogP contribution is -2.23. The van der Waals surface area contributed by atoms with Gasteiger partial charge in [0, 0.05) is 30.7 Å². The molecule has 1 heterocycles. The molecule has 0 amide bonds. The Kier molecular flexibility index (Phi) is 3.14. The van der Waals surface area contributed by atoms with Gasteiger partial charge in [-0.25, -0.2) is 4.98 Å². The molecule has 18 heavy (non-hydrogen) atoms. The molecular formula is C14H17N3S. The lowest BCUT2D eigenvalue weighted by Gasteiger charge is -2.19. The summed E-state index contributed by atoms with van der Waals surface area (Å²) in [5, 5.41) is 5.06. The molecule has 0 saturated carbocycles. The van der Waals surface area contributed by atoms with Crippen molar-refractivity contribution in [3.05, 3.63) is 47.8 Å². The fourth-order valence-electron chi connectivity index (χ4n) is 2.61. The number of imidazole rings is 1. The summed E-state index contributed by atoms with van der Waals surface area (Å²) < 4.78 is 2.08. The van der Waals surface area contributed by atoms with Gasteiger partial charge in [-0.1, -0.05) is 36.0 Å². The van der Waals surface area contributed by atoms with E-state index < -0.39 is 0 Å². The highest BCUT2D eigenvalue weighted by atomic mass is 32.2. The normalized spacial score (nSPS) is 22.1. The molecule has 4 heteroatoms. The molecule has 0 saturated heterocycles. The van der Waals surface area contributed by atoms with E-state index in [2.05, 4.69) is 39.1 Å². The number of aryl methyl sites for hydroxylation is 1. The first-order valence-electron chi connectivity index (χ1n) is 6.18. The number of thioether (sulfide) groups is 1. The zero-order valence-electron chi connectivity index (χ0n) is 10.6. The lowest BCUT2D eigenvalue weighted by molar-refractivity contribution is 0.601. The van der Waals surface area contributed by atoms with E-state index in [1.54, 1.807) is 0 Å². The van der Waals surface area contributed by atoms with Gasteiger partial charge in [-0.15, -0.1) is 0 Å². The fourth-order valence-corrected chi connectivity index (χ4v) is 3.91. The van der Waals surface area contributed by atoms with Crippen LogP contribution in [0, 0.1) is 0 Å². The van der Waals surface area contributed by atoms with Gasteiger partial charge >= 0.3 is 0 Å². The van der Waals surface area contributed by atoms with Crippen molar-refractivity contribution >= 4 is 11.8 Å². The fraction of sp³-hybridized carbons (Fsp3) is 0.357.